The average molecular weight is 573 g/mol. The molecule has 0 aliphatic carbocycles. The van der Waals surface area contributed by atoms with Crippen LogP contribution in [-0.4, -0.2) is 51.7 Å². The van der Waals surface area contributed by atoms with E-state index in [1.54, 1.807) is 25.1 Å². The lowest BCUT2D eigenvalue weighted by molar-refractivity contribution is -0.138. The van der Waals surface area contributed by atoms with E-state index in [1.807, 2.05) is 4.90 Å². The maximum atomic E-state index is 14.2. The Kier molecular flexibility index (Phi) is 10.3. The standard InChI is InChI=1S/C25H27ClF3N3O3S.CH5N/c1-3-36(34)21-8-7-17(26)11-16(21)13-32-15-30-22-18(24(32)33)12-20(25(27,28)29)19(23(22)35-2)14-31-9-5-4-6-10-31;1-2/h7-8,11-12,15H,3-6,9-10,13-14H2,1-2H3;2H2,1H3. The largest absolute Gasteiger partial charge is 0.494 e. The minimum Gasteiger partial charge on any atom is -0.494 e. The smallest absolute Gasteiger partial charge is 0.416 e. The zero-order chi connectivity index (χ0) is 28.0. The van der Waals surface area contributed by atoms with Crippen LogP contribution in [0.15, 0.2) is 40.3 Å². The first kappa shape index (κ1) is 30.1. The molecule has 2 heterocycles. The number of alkyl halides is 3. The van der Waals surface area contributed by atoms with E-state index < -0.39 is 28.1 Å². The van der Waals surface area contributed by atoms with Crippen LogP contribution in [0.5, 0.6) is 5.75 Å². The molecule has 0 spiro atoms. The highest BCUT2D eigenvalue weighted by Gasteiger charge is 2.37. The molecular formula is C26H32ClF3N4O3S. The molecule has 3 aromatic rings. The molecule has 1 unspecified atom stereocenters. The number of fused-ring (bicyclic) bond motifs is 1. The minimum atomic E-state index is -4.68. The van der Waals surface area contributed by atoms with Crippen molar-refractivity contribution in [2.75, 3.05) is 33.0 Å². The van der Waals surface area contributed by atoms with E-state index in [0.29, 0.717) is 34.3 Å². The van der Waals surface area contributed by atoms with Crippen molar-refractivity contribution in [2.24, 2.45) is 5.73 Å². The average Bonchev–Trinajstić information content (AvgIpc) is 2.90. The predicted molar refractivity (Wildman–Crippen MR) is 144 cm³/mol. The molecule has 4 rings (SSSR count). The maximum Gasteiger partial charge on any atom is 0.416 e. The molecule has 0 saturated carbocycles. The van der Waals surface area contributed by atoms with Crippen LogP contribution in [0.25, 0.3) is 10.9 Å². The van der Waals surface area contributed by atoms with E-state index in [-0.39, 0.29) is 35.3 Å². The number of hydrogen-bond donors (Lipinski definition) is 1. The van der Waals surface area contributed by atoms with E-state index >= 15 is 0 Å². The Morgan fingerprint density at radius 2 is 1.82 bits per heavy atom. The van der Waals surface area contributed by atoms with Crippen molar-refractivity contribution in [3.8, 4) is 5.75 Å². The molecule has 12 heteroatoms. The van der Waals surface area contributed by atoms with Gasteiger partial charge in [0.15, 0.2) is 0 Å². The fourth-order valence-electron chi connectivity index (χ4n) is 4.63. The number of nitrogens with zero attached hydrogens (tertiary/aromatic N) is 3. The molecule has 7 nitrogen and oxygen atoms in total. The summed E-state index contributed by atoms with van der Waals surface area (Å²) < 4.78 is 61.7. The van der Waals surface area contributed by atoms with Crippen LogP contribution in [0.1, 0.15) is 42.9 Å². The van der Waals surface area contributed by atoms with Gasteiger partial charge in [0.05, 0.1) is 41.7 Å². The van der Waals surface area contributed by atoms with Gasteiger partial charge in [0.2, 0.25) is 0 Å². The number of benzene rings is 2. The third kappa shape index (κ3) is 6.56. The lowest BCUT2D eigenvalue weighted by atomic mass is 10.0. The Morgan fingerprint density at radius 1 is 1.13 bits per heavy atom. The molecule has 1 atom stereocenters. The lowest BCUT2D eigenvalue weighted by Crippen LogP contribution is -2.30. The third-order valence-corrected chi connectivity index (χ3v) is 8.03. The van der Waals surface area contributed by atoms with Gasteiger partial charge in [-0.1, -0.05) is 24.9 Å². The second kappa shape index (κ2) is 13.1. The zero-order valence-electron chi connectivity index (χ0n) is 21.6. The van der Waals surface area contributed by atoms with E-state index in [0.717, 1.165) is 25.3 Å². The number of hydrogen-bond acceptors (Lipinski definition) is 6. The molecule has 1 aliphatic rings. The first-order valence-electron chi connectivity index (χ1n) is 12.3. The number of methoxy groups -OCH3 is 1. The van der Waals surface area contributed by atoms with Crippen molar-refractivity contribution >= 4 is 33.3 Å². The molecule has 0 radical (unpaired) electrons. The number of nitrogens with two attached hydrogens (primary N) is 1. The highest BCUT2D eigenvalue weighted by Crippen LogP contribution is 2.40. The van der Waals surface area contributed by atoms with Crippen LogP contribution in [0.4, 0.5) is 13.2 Å². The summed E-state index contributed by atoms with van der Waals surface area (Å²) in [5, 5.41) is 0.205. The SMILES string of the molecule is CCS(=O)c1ccc(Cl)cc1Cn1cnc2c(OC)c(CN3CCCCC3)c(C(F)(F)F)cc2c1=O.CN. The molecule has 0 amide bonds. The van der Waals surface area contributed by atoms with E-state index in [2.05, 4.69) is 10.7 Å². The number of likely N-dealkylation sites (tertiary alicyclic amines) is 1. The Labute approximate surface area is 227 Å². The summed E-state index contributed by atoms with van der Waals surface area (Å²) in [6, 6.07) is 5.73. The highest BCUT2D eigenvalue weighted by molar-refractivity contribution is 7.85. The number of halogens is 4. The molecule has 1 saturated heterocycles. The van der Waals surface area contributed by atoms with Crippen molar-refractivity contribution in [3.05, 3.63) is 62.7 Å². The predicted octanol–water partition coefficient (Wildman–Crippen LogP) is 4.81. The molecule has 0 bridgehead atoms. The molecule has 2 aromatic carbocycles. The third-order valence-electron chi connectivity index (χ3n) is 6.39. The molecule has 38 heavy (non-hydrogen) atoms. The van der Waals surface area contributed by atoms with Crippen LogP contribution in [0.2, 0.25) is 5.02 Å². The molecule has 1 aliphatic heterocycles. The fourth-order valence-corrected chi connectivity index (χ4v) is 5.77. The Balaban J connectivity index is 0.00000195. The van der Waals surface area contributed by atoms with Crippen LogP contribution < -0.4 is 16.0 Å². The van der Waals surface area contributed by atoms with Gasteiger partial charge in [-0.3, -0.25) is 18.5 Å². The fraction of sp³-hybridized carbons (Fsp3) is 0.462. The summed E-state index contributed by atoms with van der Waals surface area (Å²) in [5.74, 6) is 0.330. The maximum absolute atomic E-state index is 14.2. The summed E-state index contributed by atoms with van der Waals surface area (Å²) in [5.41, 5.74) is 3.56. The van der Waals surface area contributed by atoms with Gasteiger partial charge in [-0.15, -0.1) is 0 Å². The quantitative estimate of drug-likeness (QED) is 0.437. The van der Waals surface area contributed by atoms with E-state index in [9.17, 15) is 22.2 Å². The van der Waals surface area contributed by atoms with Crippen molar-refractivity contribution in [2.45, 2.75) is 50.3 Å². The highest BCUT2D eigenvalue weighted by atomic mass is 35.5. The minimum absolute atomic E-state index is 0.0143. The second-order valence-corrected chi connectivity index (χ2v) is 10.9. The molecular weight excluding hydrogens is 541 g/mol. The summed E-state index contributed by atoms with van der Waals surface area (Å²) in [7, 11) is 1.48. The van der Waals surface area contributed by atoms with Crippen LogP contribution in [0.3, 0.4) is 0 Å². The van der Waals surface area contributed by atoms with Crippen molar-refractivity contribution in [1.29, 1.82) is 0 Å². The topological polar surface area (TPSA) is 90.5 Å². The summed E-state index contributed by atoms with van der Waals surface area (Å²) in [4.78, 5) is 20.2. The summed E-state index contributed by atoms with van der Waals surface area (Å²) >= 11 is 6.13. The first-order chi connectivity index (χ1) is 18.1. The van der Waals surface area contributed by atoms with Gasteiger partial charge in [0.25, 0.3) is 5.56 Å². The number of piperidine rings is 1. The number of ether oxygens (including phenoxy) is 1. The van der Waals surface area contributed by atoms with Crippen molar-refractivity contribution < 1.29 is 22.1 Å². The normalized spacial score (nSPS) is 15.2. The Morgan fingerprint density at radius 3 is 2.42 bits per heavy atom. The zero-order valence-corrected chi connectivity index (χ0v) is 23.2. The molecule has 2 N–H and O–H groups in total. The van der Waals surface area contributed by atoms with E-state index in [4.69, 9.17) is 16.3 Å². The molecule has 1 aromatic heterocycles. The first-order valence-corrected chi connectivity index (χ1v) is 14.0. The Hall–Kier alpha value is -2.47. The van der Waals surface area contributed by atoms with Crippen LogP contribution in [-0.2, 0) is 30.1 Å². The van der Waals surface area contributed by atoms with Gasteiger partial charge in [-0.25, -0.2) is 4.98 Å². The Bertz CT molecular complexity index is 1360. The lowest BCUT2D eigenvalue weighted by Gasteiger charge is -2.28. The number of rotatable bonds is 7. The monoisotopic (exact) mass is 572 g/mol. The molecule has 1 fully saturated rings. The van der Waals surface area contributed by atoms with E-state index in [1.165, 1.54) is 25.1 Å². The summed E-state index contributed by atoms with van der Waals surface area (Å²) in [6.45, 7) is 3.20. The van der Waals surface area contributed by atoms with Gasteiger partial charge in [-0.05, 0) is 62.8 Å². The van der Waals surface area contributed by atoms with Crippen LogP contribution in [0, 0.1) is 0 Å². The van der Waals surface area contributed by atoms with Gasteiger partial charge in [0, 0.05) is 27.8 Å². The number of aromatic nitrogens is 2. The molecule has 208 valence electrons. The van der Waals surface area contributed by atoms with Gasteiger partial charge < -0.3 is 10.5 Å². The van der Waals surface area contributed by atoms with Gasteiger partial charge in [0.1, 0.15) is 11.3 Å². The van der Waals surface area contributed by atoms with Gasteiger partial charge >= 0.3 is 6.18 Å². The van der Waals surface area contributed by atoms with Crippen molar-refractivity contribution in [1.82, 2.24) is 14.5 Å². The van der Waals surface area contributed by atoms with Crippen molar-refractivity contribution in [3.63, 3.8) is 0 Å². The van der Waals surface area contributed by atoms with Crippen LogP contribution >= 0.6 is 11.6 Å². The second-order valence-electron chi connectivity index (χ2n) is 8.73. The summed E-state index contributed by atoms with van der Waals surface area (Å²) in [6.07, 6.45) is -0.496. The van der Waals surface area contributed by atoms with Gasteiger partial charge in [-0.2, -0.15) is 13.2 Å².